The van der Waals surface area contributed by atoms with E-state index in [4.69, 9.17) is 10.8 Å². The Morgan fingerprint density at radius 2 is 2.38 bits per heavy atom. The summed E-state index contributed by atoms with van der Waals surface area (Å²) in [6.45, 7) is 0. The van der Waals surface area contributed by atoms with E-state index in [9.17, 15) is 0 Å². The van der Waals surface area contributed by atoms with E-state index in [0.29, 0.717) is 0 Å². The molecule has 42 valence electrons. The predicted molar refractivity (Wildman–Crippen MR) is 28.1 cm³/mol. The number of rotatable bonds is 0. The van der Waals surface area contributed by atoms with Crippen molar-refractivity contribution >= 4 is 5.69 Å². The van der Waals surface area contributed by atoms with Gasteiger partial charge in [-0.3, -0.25) is 0 Å². The lowest BCUT2D eigenvalue weighted by Gasteiger charge is -1.90. The summed E-state index contributed by atoms with van der Waals surface area (Å²) in [6.07, 6.45) is 2.56. The van der Waals surface area contributed by atoms with E-state index in [0.717, 1.165) is 0 Å². The molecule has 0 aliphatic rings. The quantitative estimate of drug-likeness (QED) is 0.484. The highest BCUT2D eigenvalue weighted by Crippen LogP contribution is 2.10. The Hall–Kier alpha value is -1.32. The number of anilines is 1. The Kier molecular flexibility index (Phi) is 0.997. The van der Waals surface area contributed by atoms with Crippen molar-refractivity contribution < 1.29 is 5.11 Å². The van der Waals surface area contributed by atoms with Crippen molar-refractivity contribution in [2.45, 2.75) is 0 Å². The second kappa shape index (κ2) is 1.65. The summed E-state index contributed by atoms with van der Waals surface area (Å²) >= 11 is 0. The van der Waals surface area contributed by atoms with Gasteiger partial charge in [-0.1, -0.05) is 0 Å². The van der Waals surface area contributed by atoms with Crippen LogP contribution in [0.15, 0.2) is 12.5 Å². The van der Waals surface area contributed by atoms with Crippen molar-refractivity contribution in [3.63, 3.8) is 0 Å². The Balaban J connectivity index is 3.13. The van der Waals surface area contributed by atoms with E-state index in [2.05, 4.69) is 9.97 Å². The van der Waals surface area contributed by atoms with Crippen molar-refractivity contribution in [2.24, 2.45) is 0 Å². The summed E-state index contributed by atoms with van der Waals surface area (Å²) < 4.78 is 0. The van der Waals surface area contributed by atoms with Crippen LogP contribution in [0.25, 0.3) is 0 Å². The smallest absolute Gasteiger partial charge is 0.237 e. The molecule has 0 spiro atoms. The lowest BCUT2D eigenvalue weighted by atomic mass is 10.5. The number of nitrogens with zero attached hydrogens (tertiary/aromatic N) is 2. The highest BCUT2D eigenvalue weighted by molar-refractivity contribution is 5.43. The number of aromatic hydroxyl groups is 1. The van der Waals surface area contributed by atoms with E-state index in [-0.39, 0.29) is 11.6 Å². The van der Waals surface area contributed by atoms with Crippen LogP contribution in [0.2, 0.25) is 0 Å². The summed E-state index contributed by atoms with van der Waals surface area (Å²) in [5.74, 6) is -0.167. The van der Waals surface area contributed by atoms with Crippen molar-refractivity contribution in [2.75, 3.05) is 5.73 Å². The molecule has 0 aliphatic heterocycles. The molecule has 0 saturated carbocycles. The van der Waals surface area contributed by atoms with Gasteiger partial charge in [0.15, 0.2) is 0 Å². The van der Waals surface area contributed by atoms with Gasteiger partial charge in [0, 0.05) is 0 Å². The molecule has 4 heteroatoms. The highest BCUT2D eigenvalue weighted by atomic mass is 16.3. The molecule has 0 aromatic carbocycles. The summed E-state index contributed by atoms with van der Waals surface area (Å²) in [7, 11) is 0. The Morgan fingerprint density at radius 1 is 1.62 bits per heavy atom. The van der Waals surface area contributed by atoms with Crippen LogP contribution in [0.3, 0.4) is 0 Å². The first-order chi connectivity index (χ1) is 3.80. The van der Waals surface area contributed by atoms with Crippen molar-refractivity contribution in [3.05, 3.63) is 12.5 Å². The highest BCUT2D eigenvalue weighted by Gasteiger charge is 1.91. The average molecular weight is 111 g/mol. The molecule has 8 heavy (non-hydrogen) atoms. The summed E-state index contributed by atoms with van der Waals surface area (Å²) in [4.78, 5) is 6.95. The number of hydrogen-bond acceptors (Lipinski definition) is 4. The molecule has 0 radical (unpaired) electrons. The van der Waals surface area contributed by atoms with Gasteiger partial charge in [0.1, 0.15) is 12.0 Å². The molecule has 0 atom stereocenters. The minimum absolute atomic E-state index is 0.167. The van der Waals surface area contributed by atoms with Crippen molar-refractivity contribution in [1.82, 2.24) is 9.97 Å². The van der Waals surface area contributed by atoms with E-state index in [1.807, 2.05) is 0 Å². The SMILES string of the molecule is Nc1cncnc1O. The largest absolute Gasteiger partial charge is 0.492 e. The Labute approximate surface area is 46.0 Å². The molecule has 0 amide bonds. The maximum absolute atomic E-state index is 8.64. The molecule has 0 unspecified atom stereocenters. The molecular formula is C4H5N3O. The van der Waals surface area contributed by atoms with Gasteiger partial charge in [-0.2, -0.15) is 0 Å². The molecular weight excluding hydrogens is 106 g/mol. The maximum atomic E-state index is 8.64. The molecule has 4 nitrogen and oxygen atoms in total. The van der Waals surface area contributed by atoms with Crippen molar-refractivity contribution in [1.29, 1.82) is 0 Å². The van der Waals surface area contributed by atoms with Gasteiger partial charge in [0.25, 0.3) is 0 Å². The fourth-order valence-electron chi connectivity index (χ4n) is 0.334. The fourth-order valence-corrected chi connectivity index (χ4v) is 0.334. The monoisotopic (exact) mass is 111 g/mol. The van der Waals surface area contributed by atoms with Crippen LogP contribution >= 0.6 is 0 Å². The molecule has 0 aliphatic carbocycles. The molecule has 0 bridgehead atoms. The van der Waals surface area contributed by atoms with E-state index >= 15 is 0 Å². The third-order valence-corrected chi connectivity index (χ3v) is 0.719. The van der Waals surface area contributed by atoms with Gasteiger partial charge in [-0.25, -0.2) is 9.97 Å². The fraction of sp³-hybridized carbons (Fsp3) is 0. The number of hydrogen-bond donors (Lipinski definition) is 2. The molecule has 1 rings (SSSR count). The minimum atomic E-state index is -0.167. The Bertz CT molecular complexity index is 167. The summed E-state index contributed by atoms with van der Waals surface area (Å²) in [5.41, 5.74) is 5.35. The predicted octanol–water partition coefficient (Wildman–Crippen LogP) is -0.236. The van der Waals surface area contributed by atoms with E-state index in [1.165, 1.54) is 12.5 Å². The van der Waals surface area contributed by atoms with Crippen LogP contribution in [-0.4, -0.2) is 15.1 Å². The molecule has 1 aromatic rings. The molecule has 0 fully saturated rings. The second-order valence-electron chi connectivity index (χ2n) is 1.30. The van der Waals surface area contributed by atoms with Gasteiger partial charge in [-0.05, 0) is 0 Å². The lowest BCUT2D eigenvalue weighted by Crippen LogP contribution is -1.87. The molecule has 1 aromatic heterocycles. The third kappa shape index (κ3) is 0.676. The second-order valence-corrected chi connectivity index (χ2v) is 1.30. The minimum Gasteiger partial charge on any atom is -0.492 e. The number of aromatic nitrogens is 2. The van der Waals surface area contributed by atoms with Gasteiger partial charge >= 0.3 is 0 Å². The van der Waals surface area contributed by atoms with Gasteiger partial charge in [0.05, 0.1) is 6.20 Å². The Morgan fingerprint density at radius 3 is 2.75 bits per heavy atom. The lowest BCUT2D eigenvalue weighted by molar-refractivity contribution is 0.455. The van der Waals surface area contributed by atoms with Crippen LogP contribution in [0.5, 0.6) is 5.88 Å². The van der Waals surface area contributed by atoms with Gasteiger partial charge < -0.3 is 10.8 Å². The van der Waals surface area contributed by atoms with Gasteiger partial charge in [0.2, 0.25) is 5.88 Å². The zero-order chi connectivity index (χ0) is 5.98. The van der Waals surface area contributed by atoms with Crippen molar-refractivity contribution in [3.8, 4) is 5.88 Å². The van der Waals surface area contributed by atoms with Crippen LogP contribution in [-0.2, 0) is 0 Å². The van der Waals surface area contributed by atoms with Crippen LogP contribution in [0, 0.1) is 0 Å². The van der Waals surface area contributed by atoms with Crippen LogP contribution in [0.4, 0.5) is 5.69 Å². The first kappa shape index (κ1) is 4.83. The normalized spacial score (nSPS) is 9.00. The first-order valence-electron chi connectivity index (χ1n) is 2.05. The summed E-state index contributed by atoms with van der Waals surface area (Å²) in [5, 5.41) is 8.64. The number of nitrogen functional groups attached to an aromatic ring is 1. The van der Waals surface area contributed by atoms with Crippen LogP contribution < -0.4 is 5.73 Å². The zero-order valence-corrected chi connectivity index (χ0v) is 4.07. The van der Waals surface area contributed by atoms with E-state index in [1.54, 1.807) is 0 Å². The van der Waals surface area contributed by atoms with Gasteiger partial charge in [-0.15, -0.1) is 0 Å². The van der Waals surface area contributed by atoms with Crippen LogP contribution in [0.1, 0.15) is 0 Å². The third-order valence-electron chi connectivity index (χ3n) is 0.719. The zero-order valence-electron chi connectivity index (χ0n) is 4.07. The average Bonchev–Trinajstić information content (AvgIpc) is 1.77. The molecule has 3 N–H and O–H groups in total. The summed E-state index contributed by atoms with van der Waals surface area (Å²) in [6, 6.07) is 0. The topological polar surface area (TPSA) is 72.0 Å². The molecule has 0 saturated heterocycles. The number of nitrogens with two attached hydrogens (primary N) is 1. The standard InChI is InChI=1S/C4H5N3O/c5-3-1-6-2-7-4(3)8/h1-2H,5H2,(H,6,7,8). The first-order valence-corrected chi connectivity index (χ1v) is 2.05. The molecule has 1 heterocycles. The van der Waals surface area contributed by atoms with E-state index < -0.39 is 0 Å². The maximum Gasteiger partial charge on any atom is 0.237 e.